The molecule has 0 unspecified atom stereocenters. The molecule has 8 heteroatoms. The van der Waals surface area contributed by atoms with Crippen molar-refractivity contribution in [3.8, 4) is 5.75 Å². The average molecular weight is 458 g/mol. The summed E-state index contributed by atoms with van der Waals surface area (Å²) in [4.78, 5) is 29.6. The van der Waals surface area contributed by atoms with Crippen molar-refractivity contribution in [3.63, 3.8) is 0 Å². The molecule has 3 rings (SSSR count). The monoisotopic (exact) mass is 457 g/mol. The molecule has 0 aromatic heterocycles. The molecule has 0 fully saturated rings. The van der Waals surface area contributed by atoms with Crippen molar-refractivity contribution >= 4 is 17.5 Å². The molecule has 7 nitrogen and oxygen atoms in total. The molecule has 2 aromatic carbocycles. The van der Waals surface area contributed by atoms with Gasteiger partial charge in [0, 0.05) is 50.6 Å². The molecule has 1 aliphatic heterocycles. The number of amides is 2. The summed E-state index contributed by atoms with van der Waals surface area (Å²) < 4.78 is 24.9. The fraction of sp³-hybridized carbons (Fsp3) is 0.440. The van der Waals surface area contributed by atoms with Gasteiger partial charge in [-0.05, 0) is 56.3 Å². The van der Waals surface area contributed by atoms with Crippen LogP contribution in [0.15, 0.2) is 42.5 Å². The van der Waals surface area contributed by atoms with Gasteiger partial charge in [-0.1, -0.05) is 6.92 Å². The summed E-state index contributed by atoms with van der Waals surface area (Å²) in [6.07, 6.45) is -0.105. The number of methoxy groups -OCH3 is 1. The molecule has 0 aliphatic carbocycles. The van der Waals surface area contributed by atoms with Crippen LogP contribution in [0.1, 0.15) is 34.6 Å². The molecule has 2 amide bonds. The van der Waals surface area contributed by atoms with Crippen LogP contribution in [-0.4, -0.2) is 74.7 Å². The summed E-state index contributed by atoms with van der Waals surface area (Å²) in [6.45, 7) is 5.80. The van der Waals surface area contributed by atoms with Gasteiger partial charge >= 0.3 is 0 Å². The Labute approximate surface area is 194 Å². The van der Waals surface area contributed by atoms with Crippen LogP contribution in [0.2, 0.25) is 0 Å². The fourth-order valence-corrected chi connectivity index (χ4v) is 3.84. The van der Waals surface area contributed by atoms with Gasteiger partial charge in [-0.15, -0.1) is 0 Å². The number of carbonyl (C=O) groups is 2. The van der Waals surface area contributed by atoms with Crippen LogP contribution in [0.3, 0.4) is 0 Å². The van der Waals surface area contributed by atoms with Crippen molar-refractivity contribution in [1.82, 2.24) is 9.80 Å². The molecule has 178 valence electrons. The zero-order chi connectivity index (χ0) is 24.1. The van der Waals surface area contributed by atoms with Crippen LogP contribution in [0, 0.1) is 11.7 Å². The largest absolute Gasteiger partial charge is 0.491 e. The summed E-state index contributed by atoms with van der Waals surface area (Å²) in [5.41, 5.74) is 1.22. The minimum Gasteiger partial charge on any atom is -0.491 e. The predicted octanol–water partition coefficient (Wildman–Crippen LogP) is 3.51. The number of hydrogen-bond donors (Lipinski definition) is 1. The second-order valence-electron chi connectivity index (χ2n) is 8.71. The zero-order valence-corrected chi connectivity index (χ0v) is 19.8. The van der Waals surface area contributed by atoms with Gasteiger partial charge in [-0.2, -0.15) is 0 Å². The van der Waals surface area contributed by atoms with E-state index in [9.17, 15) is 14.0 Å². The number of likely N-dealkylation sites (N-methyl/N-ethyl adjacent to an activating group) is 2. The van der Waals surface area contributed by atoms with Gasteiger partial charge in [0.15, 0.2) is 0 Å². The van der Waals surface area contributed by atoms with E-state index in [-0.39, 0.29) is 29.9 Å². The summed E-state index contributed by atoms with van der Waals surface area (Å²) in [5, 5.41) is 2.79. The molecule has 1 aliphatic rings. The van der Waals surface area contributed by atoms with Crippen LogP contribution < -0.4 is 10.1 Å². The van der Waals surface area contributed by atoms with Crippen LogP contribution >= 0.6 is 0 Å². The number of ether oxygens (including phenoxy) is 2. The van der Waals surface area contributed by atoms with Crippen LogP contribution in [0.5, 0.6) is 5.75 Å². The van der Waals surface area contributed by atoms with E-state index in [2.05, 4.69) is 24.1 Å². The minimum absolute atomic E-state index is 0.0996. The molecule has 0 bridgehead atoms. The maximum absolute atomic E-state index is 13.2. The van der Waals surface area contributed by atoms with Gasteiger partial charge in [0.2, 0.25) is 0 Å². The Morgan fingerprint density at radius 3 is 2.48 bits per heavy atom. The Kier molecular flexibility index (Phi) is 8.05. The highest BCUT2D eigenvalue weighted by Gasteiger charge is 2.27. The molecular weight excluding hydrogens is 425 g/mol. The maximum atomic E-state index is 13.2. The van der Waals surface area contributed by atoms with Crippen molar-refractivity contribution in [1.29, 1.82) is 0 Å². The van der Waals surface area contributed by atoms with Gasteiger partial charge in [0.05, 0.1) is 11.7 Å². The molecule has 0 saturated carbocycles. The Morgan fingerprint density at radius 1 is 1.12 bits per heavy atom. The first-order valence-corrected chi connectivity index (χ1v) is 11.0. The van der Waals surface area contributed by atoms with E-state index < -0.39 is 5.82 Å². The maximum Gasteiger partial charge on any atom is 0.257 e. The number of fused-ring (bicyclic) bond motifs is 1. The molecular formula is C25H32FN3O4. The fourth-order valence-electron chi connectivity index (χ4n) is 3.84. The van der Waals surface area contributed by atoms with E-state index >= 15 is 0 Å². The Balaban J connectivity index is 1.89. The molecule has 33 heavy (non-hydrogen) atoms. The summed E-state index contributed by atoms with van der Waals surface area (Å²) >= 11 is 0. The Hall–Kier alpha value is -2.97. The van der Waals surface area contributed by atoms with Gasteiger partial charge < -0.3 is 19.7 Å². The number of nitrogens with zero attached hydrogens (tertiary/aromatic N) is 2. The van der Waals surface area contributed by atoms with Crippen molar-refractivity contribution in [2.24, 2.45) is 5.92 Å². The molecule has 0 saturated heterocycles. The van der Waals surface area contributed by atoms with Gasteiger partial charge in [-0.3, -0.25) is 14.5 Å². The number of hydrogen-bond acceptors (Lipinski definition) is 5. The topological polar surface area (TPSA) is 71.1 Å². The van der Waals surface area contributed by atoms with Crippen LogP contribution in [0.25, 0.3) is 0 Å². The number of anilines is 1. The Morgan fingerprint density at radius 2 is 1.82 bits per heavy atom. The first-order valence-electron chi connectivity index (χ1n) is 11.0. The average Bonchev–Trinajstić information content (AvgIpc) is 2.80. The third-order valence-electron chi connectivity index (χ3n) is 6.12. The van der Waals surface area contributed by atoms with E-state index in [4.69, 9.17) is 9.47 Å². The van der Waals surface area contributed by atoms with E-state index in [0.717, 1.165) is 6.54 Å². The first kappa shape index (κ1) is 24.7. The number of rotatable bonds is 3. The lowest BCUT2D eigenvalue weighted by atomic mass is 10.0. The Bertz CT molecular complexity index is 982. The second-order valence-corrected chi connectivity index (χ2v) is 8.71. The normalized spacial score (nSPS) is 22.5. The quantitative estimate of drug-likeness (QED) is 0.764. The SMILES string of the molecule is CO[C@@H]1CN(C)C(=O)c2ccc(NC(=O)c3ccc(F)cc3)cc2OC[C@H](C)N(C)C[C@@H]1C. The summed E-state index contributed by atoms with van der Waals surface area (Å²) in [5.74, 6) is -0.354. The molecule has 1 N–H and O–H groups in total. The van der Waals surface area contributed by atoms with Gasteiger partial charge in [0.1, 0.15) is 18.2 Å². The number of carbonyl (C=O) groups excluding carboxylic acids is 2. The lowest BCUT2D eigenvalue weighted by Gasteiger charge is -2.34. The number of halogens is 1. The third kappa shape index (κ3) is 6.09. The zero-order valence-electron chi connectivity index (χ0n) is 19.8. The van der Waals surface area contributed by atoms with Crippen LogP contribution in [-0.2, 0) is 4.74 Å². The lowest BCUT2D eigenvalue weighted by Crippen LogP contribution is -2.45. The molecule has 3 atom stereocenters. The predicted molar refractivity (Wildman–Crippen MR) is 125 cm³/mol. The number of nitrogens with one attached hydrogen (secondary N) is 1. The summed E-state index contributed by atoms with van der Waals surface area (Å²) in [6, 6.07) is 10.4. The molecule has 1 heterocycles. The van der Waals surface area contributed by atoms with Gasteiger partial charge in [-0.25, -0.2) is 4.39 Å². The van der Waals surface area contributed by atoms with Crippen LogP contribution in [0.4, 0.5) is 10.1 Å². The molecule has 2 aromatic rings. The third-order valence-corrected chi connectivity index (χ3v) is 6.12. The lowest BCUT2D eigenvalue weighted by molar-refractivity contribution is 0.0150. The van der Waals surface area contributed by atoms with E-state index in [1.807, 2.05) is 7.05 Å². The van der Waals surface area contributed by atoms with Crippen molar-refractivity contribution < 1.29 is 23.5 Å². The highest BCUT2D eigenvalue weighted by molar-refractivity contribution is 6.05. The van der Waals surface area contributed by atoms with E-state index in [0.29, 0.717) is 35.7 Å². The molecule has 0 radical (unpaired) electrons. The highest BCUT2D eigenvalue weighted by Crippen LogP contribution is 2.27. The van der Waals surface area contributed by atoms with Crippen molar-refractivity contribution in [2.75, 3.05) is 46.2 Å². The smallest absolute Gasteiger partial charge is 0.257 e. The minimum atomic E-state index is -0.411. The first-order chi connectivity index (χ1) is 15.7. The number of benzene rings is 2. The summed E-state index contributed by atoms with van der Waals surface area (Å²) in [7, 11) is 5.45. The van der Waals surface area contributed by atoms with Crippen molar-refractivity contribution in [3.05, 3.63) is 59.4 Å². The second kappa shape index (κ2) is 10.8. The van der Waals surface area contributed by atoms with Crippen molar-refractivity contribution in [2.45, 2.75) is 26.0 Å². The van der Waals surface area contributed by atoms with E-state index in [1.165, 1.54) is 24.3 Å². The van der Waals surface area contributed by atoms with E-state index in [1.54, 1.807) is 37.3 Å². The standard InChI is InChI=1S/C25H32FN3O4/c1-16-13-28(3)17(2)15-33-22-12-20(27-24(30)18-6-8-19(26)9-7-18)10-11-21(22)25(31)29(4)14-23(16)32-5/h6-12,16-17,23H,13-15H2,1-5H3,(H,27,30)/t16-,17-,23+/m0/s1. The van der Waals surface area contributed by atoms with Gasteiger partial charge in [0.25, 0.3) is 11.8 Å². The molecule has 0 spiro atoms. The highest BCUT2D eigenvalue weighted by atomic mass is 19.1.